The van der Waals surface area contributed by atoms with E-state index in [0.717, 1.165) is 16.0 Å². The second-order valence-corrected chi connectivity index (χ2v) is 6.94. The molecule has 2 aromatic rings. The van der Waals surface area contributed by atoms with Gasteiger partial charge in [0.2, 0.25) is 0 Å². The van der Waals surface area contributed by atoms with Gasteiger partial charge in [-0.15, -0.1) is 0 Å². The molecule has 0 aliphatic carbocycles. The summed E-state index contributed by atoms with van der Waals surface area (Å²) in [4.78, 5) is 26.0. The van der Waals surface area contributed by atoms with Crippen LogP contribution in [0.2, 0.25) is 0 Å². The van der Waals surface area contributed by atoms with Gasteiger partial charge in [0, 0.05) is 0 Å². The van der Waals surface area contributed by atoms with Gasteiger partial charge in [-0.2, -0.15) is 11.3 Å². The second-order valence-electron chi connectivity index (χ2n) is 6.16. The fourth-order valence-electron chi connectivity index (χ4n) is 2.89. The van der Waals surface area contributed by atoms with E-state index in [0.29, 0.717) is 12.8 Å². The van der Waals surface area contributed by atoms with Gasteiger partial charge < -0.3 is 10.4 Å². The quantitative estimate of drug-likeness (QED) is 0.791. The van der Waals surface area contributed by atoms with Gasteiger partial charge in [0.1, 0.15) is 5.54 Å². The van der Waals surface area contributed by atoms with Gasteiger partial charge in [-0.3, -0.25) is 9.69 Å². The number of nitrogens with one attached hydrogen (secondary N) is 1. The lowest BCUT2D eigenvalue weighted by Gasteiger charge is -2.21. The van der Waals surface area contributed by atoms with Crippen molar-refractivity contribution in [1.82, 2.24) is 10.2 Å². The van der Waals surface area contributed by atoms with Crippen molar-refractivity contribution in [2.24, 2.45) is 0 Å². The summed E-state index contributed by atoms with van der Waals surface area (Å²) >= 11 is 1.48. The van der Waals surface area contributed by atoms with Gasteiger partial charge >= 0.3 is 6.03 Å². The molecule has 0 saturated carbocycles. The average molecular weight is 344 g/mol. The van der Waals surface area contributed by atoms with E-state index in [1.807, 2.05) is 47.2 Å². The first-order chi connectivity index (χ1) is 11.5. The number of hydrogen-bond acceptors (Lipinski definition) is 4. The molecule has 0 radical (unpaired) electrons. The molecule has 3 amide bonds. The third kappa shape index (κ3) is 3.20. The number of imide groups is 1. The highest BCUT2D eigenvalue weighted by Gasteiger charge is 2.49. The normalized spacial score (nSPS) is 21.8. The minimum Gasteiger partial charge on any atom is -0.391 e. The van der Waals surface area contributed by atoms with E-state index in [1.54, 1.807) is 6.92 Å². The Morgan fingerprint density at radius 3 is 2.67 bits per heavy atom. The number of aryl methyl sites for hydroxylation is 1. The zero-order chi connectivity index (χ0) is 17.2. The maximum Gasteiger partial charge on any atom is 0.325 e. The van der Waals surface area contributed by atoms with E-state index in [9.17, 15) is 14.7 Å². The summed E-state index contributed by atoms with van der Waals surface area (Å²) in [5.41, 5.74) is 0.847. The van der Waals surface area contributed by atoms with Crippen LogP contribution < -0.4 is 5.32 Å². The molecule has 24 heavy (non-hydrogen) atoms. The number of aliphatic hydroxyl groups is 1. The third-order valence-corrected chi connectivity index (χ3v) is 5.06. The smallest absolute Gasteiger partial charge is 0.325 e. The van der Waals surface area contributed by atoms with Crippen molar-refractivity contribution < 1.29 is 14.7 Å². The SMILES string of the molecule is C[C@]1(c2ccsc2)NC(=O)N(C[C@H](O)CCc2ccccc2)C1=O. The zero-order valence-corrected chi connectivity index (χ0v) is 14.3. The Labute approximate surface area is 144 Å². The molecular weight excluding hydrogens is 324 g/mol. The summed E-state index contributed by atoms with van der Waals surface area (Å²) in [7, 11) is 0. The van der Waals surface area contributed by atoms with Gasteiger partial charge in [-0.05, 0) is 47.7 Å². The van der Waals surface area contributed by atoms with Crippen molar-refractivity contribution >= 4 is 23.3 Å². The molecule has 1 fully saturated rings. The molecule has 0 unspecified atom stereocenters. The molecule has 6 heteroatoms. The van der Waals surface area contributed by atoms with Crippen LogP contribution in [-0.4, -0.2) is 34.6 Å². The van der Waals surface area contributed by atoms with Crippen LogP contribution in [0.25, 0.3) is 0 Å². The minimum absolute atomic E-state index is 0.0111. The maximum atomic E-state index is 12.7. The molecule has 0 bridgehead atoms. The molecular formula is C18H20N2O3S. The molecule has 1 aliphatic rings. The van der Waals surface area contributed by atoms with E-state index in [1.165, 1.54) is 11.3 Å². The van der Waals surface area contributed by atoms with Crippen molar-refractivity contribution in [3.63, 3.8) is 0 Å². The van der Waals surface area contributed by atoms with Crippen LogP contribution in [0.5, 0.6) is 0 Å². The van der Waals surface area contributed by atoms with Crippen LogP contribution in [0.1, 0.15) is 24.5 Å². The number of carbonyl (C=O) groups excluding carboxylic acids is 2. The van der Waals surface area contributed by atoms with E-state index < -0.39 is 17.7 Å². The number of thiophene rings is 1. The number of aliphatic hydroxyl groups excluding tert-OH is 1. The lowest BCUT2D eigenvalue weighted by atomic mass is 9.95. The number of benzene rings is 1. The monoisotopic (exact) mass is 344 g/mol. The summed E-state index contributed by atoms with van der Waals surface area (Å²) in [6.45, 7) is 1.71. The summed E-state index contributed by atoms with van der Waals surface area (Å²) < 4.78 is 0. The third-order valence-electron chi connectivity index (χ3n) is 4.38. The number of carbonyl (C=O) groups is 2. The van der Waals surface area contributed by atoms with E-state index in [4.69, 9.17) is 0 Å². The molecule has 2 N–H and O–H groups in total. The first-order valence-corrected chi connectivity index (χ1v) is 8.84. The Hall–Kier alpha value is -2.18. The lowest BCUT2D eigenvalue weighted by Crippen LogP contribution is -2.41. The molecule has 1 saturated heterocycles. The predicted molar refractivity (Wildman–Crippen MR) is 92.7 cm³/mol. The average Bonchev–Trinajstić information content (AvgIpc) is 3.19. The van der Waals surface area contributed by atoms with Crippen molar-refractivity contribution in [3.8, 4) is 0 Å². The van der Waals surface area contributed by atoms with Gasteiger partial charge in [-0.1, -0.05) is 30.3 Å². The van der Waals surface area contributed by atoms with Crippen molar-refractivity contribution in [1.29, 1.82) is 0 Å². The van der Waals surface area contributed by atoms with Crippen LogP contribution in [0.4, 0.5) is 4.79 Å². The van der Waals surface area contributed by atoms with E-state index in [2.05, 4.69) is 5.32 Å². The molecule has 1 aromatic heterocycles. The highest BCUT2D eigenvalue weighted by atomic mass is 32.1. The number of β-amino-alcohol motifs (C(OH)–C–C–N with tert-alkyl or cyclic N) is 1. The Bertz CT molecular complexity index is 717. The van der Waals surface area contributed by atoms with E-state index >= 15 is 0 Å². The molecule has 126 valence electrons. The summed E-state index contributed by atoms with van der Waals surface area (Å²) in [5.74, 6) is -0.315. The first kappa shape index (κ1) is 16.7. The second kappa shape index (κ2) is 6.75. The van der Waals surface area contributed by atoms with Crippen molar-refractivity contribution in [2.45, 2.75) is 31.4 Å². The molecule has 0 spiro atoms. The number of urea groups is 1. The highest BCUT2D eigenvalue weighted by molar-refractivity contribution is 7.08. The molecule has 1 aliphatic heterocycles. The largest absolute Gasteiger partial charge is 0.391 e. The number of hydrogen-bond donors (Lipinski definition) is 2. The van der Waals surface area contributed by atoms with Crippen LogP contribution >= 0.6 is 11.3 Å². The van der Waals surface area contributed by atoms with Crippen molar-refractivity contribution in [2.75, 3.05) is 6.54 Å². The first-order valence-electron chi connectivity index (χ1n) is 7.89. The standard InChI is InChI=1S/C18H20N2O3S/c1-18(14-9-10-24-12-14)16(22)20(17(23)19-18)11-15(21)8-7-13-5-3-2-4-6-13/h2-6,9-10,12,15,21H,7-8,11H2,1H3,(H,19,23)/t15-,18-/m1/s1. The molecule has 5 nitrogen and oxygen atoms in total. The number of rotatable bonds is 6. The lowest BCUT2D eigenvalue weighted by molar-refractivity contribution is -0.132. The van der Waals surface area contributed by atoms with Crippen LogP contribution in [0.15, 0.2) is 47.2 Å². The summed E-state index contributed by atoms with van der Waals surface area (Å²) in [6, 6.07) is 11.2. The van der Waals surface area contributed by atoms with Crippen LogP contribution in [-0.2, 0) is 16.8 Å². The minimum atomic E-state index is -1.05. The molecule has 2 heterocycles. The fraction of sp³-hybridized carbons (Fsp3) is 0.333. The summed E-state index contributed by atoms with van der Waals surface area (Å²) in [5, 5.41) is 16.7. The van der Waals surface area contributed by atoms with E-state index in [-0.39, 0.29) is 12.5 Å². The molecule has 3 rings (SSSR count). The topological polar surface area (TPSA) is 69.6 Å². The van der Waals surface area contributed by atoms with Gasteiger partial charge in [0.25, 0.3) is 5.91 Å². The highest BCUT2D eigenvalue weighted by Crippen LogP contribution is 2.30. The van der Waals surface area contributed by atoms with Crippen LogP contribution in [0, 0.1) is 0 Å². The molecule has 1 aromatic carbocycles. The van der Waals surface area contributed by atoms with Crippen LogP contribution in [0.3, 0.4) is 0 Å². The Kier molecular flexibility index (Phi) is 4.69. The predicted octanol–water partition coefficient (Wildman–Crippen LogP) is 2.51. The number of amides is 3. The van der Waals surface area contributed by atoms with Gasteiger partial charge in [-0.25, -0.2) is 4.79 Å². The maximum absolute atomic E-state index is 12.7. The van der Waals surface area contributed by atoms with Crippen molar-refractivity contribution in [3.05, 3.63) is 58.3 Å². The Morgan fingerprint density at radius 1 is 1.25 bits per heavy atom. The van der Waals surface area contributed by atoms with Gasteiger partial charge in [0.05, 0.1) is 12.6 Å². The fourth-order valence-corrected chi connectivity index (χ4v) is 3.65. The summed E-state index contributed by atoms with van der Waals surface area (Å²) in [6.07, 6.45) is 0.452. The number of nitrogens with zero attached hydrogens (tertiary/aromatic N) is 1. The Morgan fingerprint density at radius 2 is 2.00 bits per heavy atom. The Balaban J connectivity index is 1.62. The zero-order valence-electron chi connectivity index (χ0n) is 13.4. The molecule has 2 atom stereocenters. The van der Waals surface area contributed by atoms with Gasteiger partial charge in [0.15, 0.2) is 0 Å².